The van der Waals surface area contributed by atoms with E-state index in [1.54, 1.807) is 0 Å². The van der Waals surface area contributed by atoms with E-state index in [1.807, 2.05) is 18.4 Å². The Morgan fingerprint density at radius 3 is 2.88 bits per heavy atom. The fourth-order valence-corrected chi connectivity index (χ4v) is 1.19. The molecule has 1 nitrogen and oxygen atoms in total. The molecule has 0 atom stereocenters. The summed E-state index contributed by atoms with van der Waals surface area (Å²) in [6.45, 7) is 5.61. The lowest BCUT2D eigenvalue weighted by Gasteiger charge is -1.80. The Morgan fingerprint density at radius 2 is 2.62 bits per heavy atom. The minimum Gasteiger partial charge on any atom is -0.197 e. The van der Waals surface area contributed by atoms with Gasteiger partial charge in [0, 0.05) is 10.9 Å². The van der Waals surface area contributed by atoms with Crippen molar-refractivity contribution in [1.29, 1.82) is 0 Å². The summed E-state index contributed by atoms with van der Waals surface area (Å²) in [6, 6.07) is 0. The van der Waals surface area contributed by atoms with Crippen LogP contribution in [0, 0.1) is 6.92 Å². The maximum absolute atomic E-state index is 4.06. The van der Waals surface area contributed by atoms with Gasteiger partial charge in [-0.15, -0.1) is 0 Å². The molecule has 0 bridgehead atoms. The monoisotopic (exact) mass is 125 g/mol. The molecule has 0 aromatic carbocycles. The highest BCUT2D eigenvalue weighted by Crippen LogP contribution is 2.08. The van der Waals surface area contributed by atoms with Crippen molar-refractivity contribution in [3.05, 3.63) is 23.2 Å². The van der Waals surface area contributed by atoms with Crippen LogP contribution in [0.2, 0.25) is 0 Å². The Kier molecular flexibility index (Phi) is 1.44. The summed E-state index contributed by atoms with van der Waals surface area (Å²) < 4.78 is 4.06. The van der Waals surface area contributed by atoms with Crippen LogP contribution in [0.4, 0.5) is 0 Å². The summed E-state index contributed by atoms with van der Waals surface area (Å²) >= 11 is 1.47. The van der Waals surface area contributed by atoms with E-state index in [0.29, 0.717) is 0 Å². The second-order valence-corrected chi connectivity index (χ2v) is 2.19. The normalized spacial score (nSPS) is 9.12. The molecule has 0 radical (unpaired) electrons. The third kappa shape index (κ3) is 0.793. The molecule has 0 unspecified atom stereocenters. The van der Waals surface area contributed by atoms with Crippen LogP contribution in [0.5, 0.6) is 0 Å². The van der Waals surface area contributed by atoms with Gasteiger partial charge in [-0.2, -0.15) is 4.37 Å². The zero-order valence-corrected chi connectivity index (χ0v) is 5.53. The van der Waals surface area contributed by atoms with Crippen LogP contribution in [-0.4, -0.2) is 4.37 Å². The first-order valence-electron chi connectivity index (χ1n) is 2.38. The van der Waals surface area contributed by atoms with Gasteiger partial charge in [-0.3, -0.25) is 0 Å². The molecule has 1 heterocycles. The maximum atomic E-state index is 4.06. The van der Waals surface area contributed by atoms with E-state index < -0.39 is 0 Å². The van der Waals surface area contributed by atoms with Crippen molar-refractivity contribution in [2.24, 2.45) is 0 Å². The lowest BCUT2D eigenvalue weighted by Crippen LogP contribution is -1.69. The van der Waals surface area contributed by atoms with Crippen LogP contribution < -0.4 is 0 Å². The van der Waals surface area contributed by atoms with Crippen molar-refractivity contribution in [1.82, 2.24) is 4.37 Å². The van der Waals surface area contributed by atoms with Crippen LogP contribution in [0.1, 0.15) is 11.3 Å². The summed E-state index contributed by atoms with van der Waals surface area (Å²) in [4.78, 5) is 0. The van der Waals surface area contributed by atoms with E-state index in [-0.39, 0.29) is 0 Å². The van der Waals surface area contributed by atoms with Gasteiger partial charge >= 0.3 is 0 Å². The molecule has 0 amide bonds. The zero-order valence-electron chi connectivity index (χ0n) is 4.72. The molecule has 2 heteroatoms. The fourth-order valence-electron chi connectivity index (χ4n) is 0.496. The largest absolute Gasteiger partial charge is 0.197 e. The first-order chi connectivity index (χ1) is 3.84. The SMILES string of the molecule is C=Cc1csnc1C. The molecule has 0 aliphatic carbocycles. The summed E-state index contributed by atoms with van der Waals surface area (Å²) in [5.74, 6) is 0. The third-order valence-corrected chi connectivity index (χ3v) is 1.75. The molecule has 1 rings (SSSR count). The van der Waals surface area contributed by atoms with Gasteiger partial charge in [0.1, 0.15) is 0 Å². The molecule has 0 saturated heterocycles. The van der Waals surface area contributed by atoms with E-state index in [4.69, 9.17) is 0 Å². The van der Waals surface area contributed by atoms with Crippen molar-refractivity contribution in [3.63, 3.8) is 0 Å². The van der Waals surface area contributed by atoms with Crippen molar-refractivity contribution in [2.45, 2.75) is 6.92 Å². The standard InChI is InChI=1S/C6H7NS/c1-3-6-4-8-7-5(6)2/h3-4H,1H2,2H3. The molecule has 1 aromatic rings. The van der Waals surface area contributed by atoms with Crippen molar-refractivity contribution < 1.29 is 0 Å². The van der Waals surface area contributed by atoms with Gasteiger partial charge in [-0.1, -0.05) is 12.7 Å². The highest BCUT2D eigenvalue weighted by atomic mass is 32.1. The quantitative estimate of drug-likeness (QED) is 0.560. The summed E-state index contributed by atoms with van der Waals surface area (Å²) in [7, 11) is 0. The number of hydrogen-bond acceptors (Lipinski definition) is 2. The molecule has 0 N–H and O–H groups in total. The number of rotatable bonds is 1. The van der Waals surface area contributed by atoms with Gasteiger partial charge < -0.3 is 0 Å². The molecule has 0 aliphatic heterocycles. The molecule has 1 aromatic heterocycles. The number of aromatic nitrogens is 1. The Balaban J connectivity index is 3.09. The second kappa shape index (κ2) is 2.09. The molecule has 0 fully saturated rings. The third-order valence-electron chi connectivity index (χ3n) is 1.01. The predicted octanol–water partition coefficient (Wildman–Crippen LogP) is 2.09. The van der Waals surface area contributed by atoms with E-state index in [1.165, 1.54) is 11.5 Å². The molecule has 0 saturated carbocycles. The second-order valence-electron chi connectivity index (χ2n) is 1.56. The molecule has 0 aliphatic rings. The number of nitrogens with zero attached hydrogens (tertiary/aromatic N) is 1. The predicted molar refractivity (Wildman–Crippen MR) is 36.9 cm³/mol. The van der Waals surface area contributed by atoms with Gasteiger partial charge in [0.2, 0.25) is 0 Å². The van der Waals surface area contributed by atoms with Crippen molar-refractivity contribution in [2.75, 3.05) is 0 Å². The number of aryl methyl sites for hydroxylation is 1. The van der Waals surface area contributed by atoms with Crippen LogP contribution in [-0.2, 0) is 0 Å². The van der Waals surface area contributed by atoms with Crippen LogP contribution in [0.3, 0.4) is 0 Å². The molecular formula is C6H7NS. The van der Waals surface area contributed by atoms with Crippen LogP contribution >= 0.6 is 11.5 Å². The van der Waals surface area contributed by atoms with Gasteiger partial charge in [0.25, 0.3) is 0 Å². The highest BCUT2D eigenvalue weighted by Gasteiger charge is 1.91. The Labute approximate surface area is 52.8 Å². The number of hydrogen-bond donors (Lipinski definition) is 0. The fraction of sp³-hybridized carbons (Fsp3) is 0.167. The van der Waals surface area contributed by atoms with Crippen LogP contribution in [0.15, 0.2) is 12.0 Å². The van der Waals surface area contributed by atoms with Crippen molar-refractivity contribution in [3.8, 4) is 0 Å². The van der Waals surface area contributed by atoms with E-state index in [9.17, 15) is 0 Å². The average molecular weight is 125 g/mol. The van der Waals surface area contributed by atoms with Gasteiger partial charge in [0.05, 0.1) is 5.69 Å². The summed E-state index contributed by atoms with van der Waals surface area (Å²) in [6.07, 6.45) is 1.82. The molecule has 0 spiro atoms. The molecule has 8 heavy (non-hydrogen) atoms. The van der Waals surface area contributed by atoms with E-state index in [0.717, 1.165) is 11.3 Å². The summed E-state index contributed by atoms with van der Waals surface area (Å²) in [5.41, 5.74) is 2.22. The average Bonchev–Trinajstić information content (AvgIpc) is 2.14. The van der Waals surface area contributed by atoms with Gasteiger partial charge in [-0.05, 0) is 18.5 Å². The summed E-state index contributed by atoms with van der Waals surface area (Å²) in [5, 5.41) is 1.99. The lowest BCUT2D eigenvalue weighted by atomic mass is 10.3. The van der Waals surface area contributed by atoms with E-state index in [2.05, 4.69) is 11.0 Å². The minimum absolute atomic E-state index is 1.07. The topological polar surface area (TPSA) is 12.9 Å². The molecule has 42 valence electrons. The van der Waals surface area contributed by atoms with Crippen molar-refractivity contribution >= 4 is 17.6 Å². The Hall–Kier alpha value is -0.630. The maximum Gasteiger partial charge on any atom is 0.0583 e. The first kappa shape index (κ1) is 5.51. The van der Waals surface area contributed by atoms with Gasteiger partial charge in [0.15, 0.2) is 0 Å². The Morgan fingerprint density at radius 1 is 1.88 bits per heavy atom. The zero-order chi connectivity index (χ0) is 5.98. The van der Waals surface area contributed by atoms with E-state index >= 15 is 0 Å². The molecular weight excluding hydrogens is 118 g/mol. The first-order valence-corrected chi connectivity index (χ1v) is 3.21. The highest BCUT2D eigenvalue weighted by molar-refractivity contribution is 7.03. The van der Waals surface area contributed by atoms with Crippen LogP contribution in [0.25, 0.3) is 6.08 Å². The Bertz CT molecular complexity index is 190. The smallest absolute Gasteiger partial charge is 0.0583 e. The lowest BCUT2D eigenvalue weighted by molar-refractivity contribution is 1.33. The minimum atomic E-state index is 1.07. The van der Waals surface area contributed by atoms with Gasteiger partial charge in [-0.25, -0.2) is 0 Å².